The van der Waals surface area contributed by atoms with Crippen molar-refractivity contribution >= 4 is 21.7 Å². The Morgan fingerprint density at radius 2 is 1.68 bits per heavy atom. The van der Waals surface area contributed by atoms with Crippen LogP contribution >= 0.6 is 0 Å². The maximum atomic E-state index is 12.4. The first kappa shape index (κ1) is 19.4. The van der Waals surface area contributed by atoms with E-state index in [1.165, 1.54) is 24.3 Å². The largest absolute Gasteiger partial charge is 0.481 e. The van der Waals surface area contributed by atoms with Crippen LogP contribution in [0, 0.1) is 5.92 Å². The number of carbonyl (C=O) groups excluding carboxylic acids is 1. The molecule has 2 atom stereocenters. The molecule has 0 aliphatic heterocycles. The number of aliphatic carboxylic acids is 1. The molecule has 0 spiro atoms. The second-order valence-electron chi connectivity index (χ2n) is 6.78. The minimum atomic E-state index is -3.38. The van der Waals surface area contributed by atoms with E-state index in [-0.39, 0.29) is 10.8 Å². The SMILES string of the molecule is CC(C)S(=O)(=O)c1ccc(C(=O)N[C@H]2CCCCC[C@H]2C(=O)O)cc1. The van der Waals surface area contributed by atoms with Crippen molar-refractivity contribution in [1.82, 2.24) is 5.32 Å². The maximum absolute atomic E-state index is 12.4. The van der Waals surface area contributed by atoms with Gasteiger partial charge in [0.15, 0.2) is 9.84 Å². The summed E-state index contributed by atoms with van der Waals surface area (Å²) in [4.78, 5) is 24.0. The summed E-state index contributed by atoms with van der Waals surface area (Å²) in [6.45, 7) is 3.21. The van der Waals surface area contributed by atoms with E-state index in [4.69, 9.17) is 0 Å². The van der Waals surface area contributed by atoms with E-state index in [0.29, 0.717) is 18.4 Å². The van der Waals surface area contributed by atoms with Crippen molar-refractivity contribution in [1.29, 1.82) is 0 Å². The lowest BCUT2D eigenvalue weighted by atomic mass is 9.94. The third kappa shape index (κ3) is 4.60. The number of benzene rings is 1. The monoisotopic (exact) mass is 367 g/mol. The van der Waals surface area contributed by atoms with Gasteiger partial charge in [0, 0.05) is 11.6 Å². The average Bonchev–Trinajstić information content (AvgIpc) is 2.80. The first-order chi connectivity index (χ1) is 11.7. The third-order valence-electron chi connectivity index (χ3n) is 4.72. The van der Waals surface area contributed by atoms with Crippen molar-refractivity contribution in [3.8, 4) is 0 Å². The molecule has 0 bridgehead atoms. The highest BCUT2D eigenvalue weighted by Gasteiger charge is 2.30. The van der Waals surface area contributed by atoms with Crippen LogP contribution in [-0.4, -0.2) is 36.7 Å². The summed E-state index contributed by atoms with van der Waals surface area (Å²) in [6, 6.07) is 5.39. The zero-order valence-corrected chi connectivity index (χ0v) is 15.4. The summed E-state index contributed by atoms with van der Waals surface area (Å²) in [5.41, 5.74) is 0.330. The summed E-state index contributed by atoms with van der Waals surface area (Å²) in [6.07, 6.45) is 3.91. The van der Waals surface area contributed by atoms with E-state index >= 15 is 0 Å². The number of amides is 1. The van der Waals surface area contributed by atoms with Gasteiger partial charge >= 0.3 is 5.97 Å². The number of sulfone groups is 1. The van der Waals surface area contributed by atoms with E-state index in [1.807, 2.05) is 0 Å². The molecule has 0 unspecified atom stereocenters. The molecule has 1 amide bonds. The zero-order chi connectivity index (χ0) is 18.6. The lowest BCUT2D eigenvalue weighted by Crippen LogP contribution is -2.42. The van der Waals surface area contributed by atoms with Crippen LogP contribution in [-0.2, 0) is 14.6 Å². The lowest BCUT2D eigenvalue weighted by Gasteiger charge is -2.23. The molecule has 6 nitrogen and oxygen atoms in total. The van der Waals surface area contributed by atoms with Gasteiger partial charge in [-0.3, -0.25) is 9.59 Å². The van der Waals surface area contributed by atoms with Crippen molar-refractivity contribution in [2.24, 2.45) is 5.92 Å². The Labute approximate surface area is 148 Å². The molecule has 1 fully saturated rings. The fourth-order valence-electron chi connectivity index (χ4n) is 3.10. The Balaban J connectivity index is 2.13. The van der Waals surface area contributed by atoms with Gasteiger partial charge in [0.05, 0.1) is 16.1 Å². The van der Waals surface area contributed by atoms with Crippen LogP contribution in [0.1, 0.15) is 56.3 Å². The summed E-state index contributed by atoms with van der Waals surface area (Å²) in [5, 5.41) is 11.7. The molecule has 0 radical (unpaired) electrons. The van der Waals surface area contributed by atoms with E-state index in [9.17, 15) is 23.1 Å². The van der Waals surface area contributed by atoms with Crippen molar-refractivity contribution < 1.29 is 23.1 Å². The van der Waals surface area contributed by atoms with E-state index in [1.54, 1.807) is 13.8 Å². The Morgan fingerprint density at radius 3 is 2.24 bits per heavy atom. The van der Waals surface area contributed by atoms with Gasteiger partial charge in [-0.25, -0.2) is 8.42 Å². The normalized spacial score (nSPS) is 21.6. The van der Waals surface area contributed by atoms with Crippen LogP contribution in [0.15, 0.2) is 29.2 Å². The van der Waals surface area contributed by atoms with Crippen LogP contribution in [0.3, 0.4) is 0 Å². The molecule has 0 heterocycles. The molecule has 1 aromatic rings. The van der Waals surface area contributed by atoms with E-state index < -0.39 is 33.0 Å². The van der Waals surface area contributed by atoms with Gasteiger partial charge in [-0.2, -0.15) is 0 Å². The maximum Gasteiger partial charge on any atom is 0.308 e. The van der Waals surface area contributed by atoms with Gasteiger partial charge in [-0.05, 0) is 51.0 Å². The Bertz CT molecular complexity index is 724. The fourth-order valence-corrected chi connectivity index (χ4v) is 4.16. The first-order valence-corrected chi connectivity index (χ1v) is 10.2. The van der Waals surface area contributed by atoms with Crippen LogP contribution < -0.4 is 5.32 Å². The van der Waals surface area contributed by atoms with Crippen molar-refractivity contribution in [3.63, 3.8) is 0 Å². The molecule has 2 N–H and O–H groups in total. The minimum Gasteiger partial charge on any atom is -0.481 e. The van der Waals surface area contributed by atoms with Gasteiger partial charge in [0.1, 0.15) is 0 Å². The number of carboxylic acids is 1. The van der Waals surface area contributed by atoms with E-state index in [0.717, 1.165) is 19.3 Å². The number of carboxylic acid groups (broad SMARTS) is 1. The van der Waals surface area contributed by atoms with Gasteiger partial charge in [0.2, 0.25) is 0 Å². The second kappa shape index (κ2) is 7.99. The molecule has 25 heavy (non-hydrogen) atoms. The third-order valence-corrected chi connectivity index (χ3v) is 6.89. The molecule has 0 aromatic heterocycles. The average molecular weight is 367 g/mol. The Morgan fingerprint density at radius 1 is 1.08 bits per heavy atom. The van der Waals surface area contributed by atoms with Crippen LogP contribution in [0.4, 0.5) is 0 Å². The minimum absolute atomic E-state index is 0.178. The topological polar surface area (TPSA) is 101 Å². The number of rotatable bonds is 5. The predicted octanol–water partition coefficient (Wildman–Crippen LogP) is 2.63. The quantitative estimate of drug-likeness (QED) is 0.779. The lowest BCUT2D eigenvalue weighted by molar-refractivity contribution is -0.142. The second-order valence-corrected chi connectivity index (χ2v) is 9.29. The standard InChI is InChI=1S/C18H25NO5S/c1-12(2)25(23,24)14-10-8-13(9-11-14)17(20)19-16-7-5-3-4-6-15(16)18(21)22/h8-12,15-16H,3-7H2,1-2H3,(H,19,20)(H,21,22)/t15-,16+/m1/s1. The number of hydrogen-bond acceptors (Lipinski definition) is 4. The summed E-state index contributed by atoms with van der Waals surface area (Å²) in [7, 11) is -3.38. The molecule has 7 heteroatoms. The predicted molar refractivity (Wildman–Crippen MR) is 94.2 cm³/mol. The number of carbonyl (C=O) groups is 2. The molecule has 1 aromatic carbocycles. The van der Waals surface area contributed by atoms with Gasteiger partial charge in [0.25, 0.3) is 5.91 Å². The number of hydrogen-bond donors (Lipinski definition) is 2. The van der Waals surface area contributed by atoms with Gasteiger partial charge < -0.3 is 10.4 Å². The van der Waals surface area contributed by atoms with Crippen molar-refractivity contribution in [2.75, 3.05) is 0 Å². The molecule has 1 saturated carbocycles. The summed E-state index contributed by atoms with van der Waals surface area (Å²) >= 11 is 0. The van der Waals surface area contributed by atoms with Gasteiger partial charge in [-0.1, -0.05) is 19.3 Å². The Kier molecular flexibility index (Phi) is 6.21. The Hall–Kier alpha value is -1.89. The highest BCUT2D eigenvalue weighted by molar-refractivity contribution is 7.92. The zero-order valence-electron chi connectivity index (χ0n) is 14.6. The van der Waals surface area contributed by atoms with Crippen molar-refractivity contribution in [2.45, 2.75) is 62.1 Å². The van der Waals surface area contributed by atoms with Gasteiger partial charge in [-0.15, -0.1) is 0 Å². The van der Waals surface area contributed by atoms with Crippen LogP contribution in [0.5, 0.6) is 0 Å². The molecule has 138 valence electrons. The highest BCUT2D eigenvalue weighted by atomic mass is 32.2. The molecule has 1 aliphatic rings. The highest BCUT2D eigenvalue weighted by Crippen LogP contribution is 2.24. The van der Waals surface area contributed by atoms with Crippen LogP contribution in [0.2, 0.25) is 0 Å². The molecule has 2 rings (SSSR count). The van der Waals surface area contributed by atoms with E-state index in [2.05, 4.69) is 5.32 Å². The first-order valence-electron chi connectivity index (χ1n) is 8.61. The van der Waals surface area contributed by atoms with Crippen molar-refractivity contribution in [3.05, 3.63) is 29.8 Å². The fraction of sp³-hybridized carbons (Fsp3) is 0.556. The molecule has 0 saturated heterocycles. The molecular formula is C18H25NO5S. The number of nitrogens with one attached hydrogen (secondary N) is 1. The smallest absolute Gasteiger partial charge is 0.308 e. The van der Waals surface area contributed by atoms with Crippen LogP contribution in [0.25, 0.3) is 0 Å². The summed E-state index contributed by atoms with van der Waals surface area (Å²) in [5.74, 6) is -1.83. The summed E-state index contributed by atoms with van der Waals surface area (Å²) < 4.78 is 24.2. The molecular weight excluding hydrogens is 342 g/mol. The molecule has 1 aliphatic carbocycles.